The van der Waals surface area contributed by atoms with Crippen LogP contribution in [-0.4, -0.2) is 19.3 Å². The Morgan fingerprint density at radius 2 is 2.41 bits per heavy atom. The normalized spacial score (nSPS) is 23.2. The van der Waals surface area contributed by atoms with E-state index in [1.165, 1.54) is 30.6 Å². The number of thiophene rings is 1. The van der Waals surface area contributed by atoms with Crippen LogP contribution in [0.25, 0.3) is 0 Å². The van der Waals surface area contributed by atoms with E-state index in [9.17, 15) is 0 Å². The highest BCUT2D eigenvalue weighted by Crippen LogP contribution is 2.25. The van der Waals surface area contributed by atoms with Crippen molar-refractivity contribution in [3.05, 3.63) is 22.4 Å². The van der Waals surface area contributed by atoms with E-state index in [0.717, 1.165) is 19.6 Å². The summed E-state index contributed by atoms with van der Waals surface area (Å²) in [6, 6.07) is 5.59. The fourth-order valence-electron chi connectivity index (χ4n) is 2.44. The fraction of sp³-hybridized carbons (Fsp3) is 0.714. The molecule has 1 saturated heterocycles. The summed E-state index contributed by atoms with van der Waals surface area (Å²) in [4.78, 5) is 1.48. The van der Waals surface area contributed by atoms with E-state index in [4.69, 9.17) is 4.74 Å². The largest absolute Gasteiger partial charge is 0.381 e. The molecule has 2 nitrogen and oxygen atoms in total. The van der Waals surface area contributed by atoms with Crippen molar-refractivity contribution in [2.75, 3.05) is 13.2 Å². The predicted molar refractivity (Wildman–Crippen MR) is 73.6 cm³/mol. The Morgan fingerprint density at radius 3 is 3.18 bits per heavy atom. The average Bonchev–Trinajstić information content (AvgIpc) is 2.75. The van der Waals surface area contributed by atoms with Gasteiger partial charge in [0.1, 0.15) is 0 Å². The van der Waals surface area contributed by atoms with Gasteiger partial charge in [-0.2, -0.15) is 0 Å². The van der Waals surface area contributed by atoms with Crippen molar-refractivity contribution in [1.29, 1.82) is 0 Å². The minimum atomic E-state index is 0.545. The minimum absolute atomic E-state index is 0.545. The number of nitrogens with one attached hydrogen (secondary N) is 1. The molecule has 96 valence electrons. The van der Waals surface area contributed by atoms with Crippen LogP contribution in [0.1, 0.15) is 49.9 Å². The Bertz CT molecular complexity index is 291. The van der Waals surface area contributed by atoms with Gasteiger partial charge in [-0.15, -0.1) is 11.3 Å². The molecule has 0 aromatic carbocycles. The van der Waals surface area contributed by atoms with E-state index >= 15 is 0 Å². The molecule has 1 fully saturated rings. The lowest BCUT2D eigenvalue weighted by Gasteiger charge is -2.23. The summed E-state index contributed by atoms with van der Waals surface area (Å²) in [5, 5.41) is 6.01. The van der Waals surface area contributed by atoms with E-state index in [1.807, 2.05) is 11.3 Å². The molecule has 0 spiro atoms. The molecule has 2 rings (SSSR count). The highest BCUT2D eigenvalue weighted by Gasteiger charge is 2.18. The molecule has 1 aromatic heterocycles. The summed E-state index contributed by atoms with van der Waals surface area (Å²) in [7, 11) is 0. The SMILES string of the molecule is CCCC(NC1CCCOCC1)c1cccs1. The molecule has 0 bridgehead atoms. The maximum atomic E-state index is 5.52. The van der Waals surface area contributed by atoms with E-state index in [2.05, 4.69) is 29.8 Å². The Hall–Kier alpha value is -0.380. The molecule has 0 aliphatic carbocycles. The summed E-state index contributed by atoms with van der Waals surface area (Å²) in [5.41, 5.74) is 0. The molecule has 2 unspecified atom stereocenters. The van der Waals surface area contributed by atoms with Crippen molar-refractivity contribution in [3.8, 4) is 0 Å². The third kappa shape index (κ3) is 4.09. The molecule has 0 saturated carbocycles. The topological polar surface area (TPSA) is 21.3 Å². The van der Waals surface area contributed by atoms with E-state index in [-0.39, 0.29) is 0 Å². The van der Waals surface area contributed by atoms with Gasteiger partial charge >= 0.3 is 0 Å². The summed E-state index contributed by atoms with van der Waals surface area (Å²) in [6.45, 7) is 4.12. The Morgan fingerprint density at radius 1 is 1.47 bits per heavy atom. The highest BCUT2D eigenvalue weighted by atomic mass is 32.1. The van der Waals surface area contributed by atoms with Crippen molar-refractivity contribution in [3.63, 3.8) is 0 Å². The first-order valence-electron chi connectivity index (χ1n) is 6.77. The molecule has 3 heteroatoms. The van der Waals surface area contributed by atoms with Gasteiger partial charge in [0.25, 0.3) is 0 Å². The van der Waals surface area contributed by atoms with E-state index in [0.29, 0.717) is 12.1 Å². The van der Waals surface area contributed by atoms with Gasteiger partial charge < -0.3 is 10.1 Å². The smallest absolute Gasteiger partial charge is 0.0480 e. The Labute approximate surface area is 108 Å². The van der Waals surface area contributed by atoms with E-state index in [1.54, 1.807) is 0 Å². The maximum Gasteiger partial charge on any atom is 0.0480 e. The first-order chi connectivity index (χ1) is 8.40. The third-order valence-electron chi connectivity index (χ3n) is 3.35. The van der Waals surface area contributed by atoms with Crippen molar-refractivity contribution >= 4 is 11.3 Å². The van der Waals surface area contributed by atoms with Gasteiger partial charge in [0.15, 0.2) is 0 Å². The van der Waals surface area contributed by atoms with E-state index < -0.39 is 0 Å². The van der Waals surface area contributed by atoms with Crippen LogP contribution in [0.15, 0.2) is 17.5 Å². The minimum Gasteiger partial charge on any atom is -0.381 e. The fourth-order valence-corrected chi connectivity index (χ4v) is 3.26. The summed E-state index contributed by atoms with van der Waals surface area (Å²) in [5.74, 6) is 0. The summed E-state index contributed by atoms with van der Waals surface area (Å²) in [6.07, 6.45) is 6.08. The molecule has 1 aliphatic rings. The van der Waals surface area contributed by atoms with Gasteiger partial charge in [0.2, 0.25) is 0 Å². The van der Waals surface area contributed by atoms with Crippen molar-refractivity contribution < 1.29 is 4.74 Å². The molecule has 2 heterocycles. The van der Waals surface area contributed by atoms with Crippen LogP contribution in [0.3, 0.4) is 0 Å². The van der Waals surface area contributed by atoms with Gasteiger partial charge in [0, 0.05) is 30.2 Å². The molecule has 1 aromatic rings. The molecular formula is C14H23NOS. The summed E-state index contributed by atoms with van der Waals surface area (Å²) >= 11 is 1.87. The van der Waals surface area contributed by atoms with Crippen molar-refractivity contribution in [2.45, 2.75) is 51.1 Å². The van der Waals surface area contributed by atoms with Crippen LogP contribution < -0.4 is 5.32 Å². The van der Waals surface area contributed by atoms with Gasteiger partial charge in [-0.3, -0.25) is 0 Å². The number of hydrogen-bond donors (Lipinski definition) is 1. The molecule has 17 heavy (non-hydrogen) atoms. The lowest BCUT2D eigenvalue weighted by atomic mass is 10.0. The lowest BCUT2D eigenvalue weighted by molar-refractivity contribution is 0.142. The zero-order valence-corrected chi connectivity index (χ0v) is 11.5. The van der Waals surface area contributed by atoms with Gasteiger partial charge in [0.05, 0.1) is 0 Å². The summed E-state index contributed by atoms with van der Waals surface area (Å²) < 4.78 is 5.52. The van der Waals surface area contributed by atoms with Crippen LogP contribution in [-0.2, 0) is 4.74 Å². The second-order valence-corrected chi connectivity index (χ2v) is 5.74. The Balaban J connectivity index is 1.92. The zero-order valence-electron chi connectivity index (χ0n) is 10.7. The van der Waals surface area contributed by atoms with Crippen LogP contribution in [0, 0.1) is 0 Å². The highest BCUT2D eigenvalue weighted by molar-refractivity contribution is 7.10. The second kappa shape index (κ2) is 7.14. The number of rotatable bonds is 5. The first-order valence-corrected chi connectivity index (χ1v) is 7.65. The van der Waals surface area contributed by atoms with Crippen LogP contribution in [0.2, 0.25) is 0 Å². The van der Waals surface area contributed by atoms with Gasteiger partial charge in [-0.25, -0.2) is 0 Å². The van der Waals surface area contributed by atoms with Crippen LogP contribution >= 0.6 is 11.3 Å². The molecule has 2 atom stereocenters. The molecule has 1 aliphatic heterocycles. The quantitative estimate of drug-likeness (QED) is 0.863. The maximum absolute atomic E-state index is 5.52. The monoisotopic (exact) mass is 253 g/mol. The third-order valence-corrected chi connectivity index (χ3v) is 4.34. The molecule has 1 N–H and O–H groups in total. The van der Waals surface area contributed by atoms with Crippen LogP contribution in [0.4, 0.5) is 0 Å². The number of ether oxygens (including phenoxy) is 1. The lowest BCUT2D eigenvalue weighted by Crippen LogP contribution is -2.32. The van der Waals surface area contributed by atoms with Crippen molar-refractivity contribution in [2.24, 2.45) is 0 Å². The van der Waals surface area contributed by atoms with Crippen molar-refractivity contribution in [1.82, 2.24) is 5.32 Å². The number of hydrogen-bond acceptors (Lipinski definition) is 3. The standard InChI is InChI=1S/C14H23NOS/c1-2-5-13(14-7-4-11-17-14)15-12-6-3-9-16-10-8-12/h4,7,11-13,15H,2-3,5-6,8-10H2,1H3. The van der Waals surface area contributed by atoms with Crippen LogP contribution in [0.5, 0.6) is 0 Å². The first kappa shape index (κ1) is 13.1. The second-order valence-electron chi connectivity index (χ2n) is 4.76. The predicted octanol–water partition coefficient (Wildman–Crippen LogP) is 3.75. The average molecular weight is 253 g/mol. The molecule has 0 radical (unpaired) electrons. The molecular weight excluding hydrogens is 230 g/mol. The zero-order chi connectivity index (χ0) is 11.9. The van der Waals surface area contributed by atoms with Gasteiger partial charge in [-0.05, 0) is 37.1 Å². The Kier molecular flexibility index (Phi) is 5.49. The molecule has 0 amide bonds. The van der Waals surface area contributed by atoms with Gasteiger partial charge in [-0.1, -0.05) is 19.4 Å².